The molecular formula is C23H23ClN6O6. The molecule has 1 aliphatic heterocycles. The van der Waals surface area contributed by atoms with Crippen molar-refractivity contribution in [3.8, 4) is 0 Å². The van der Waals surface area contributed by atoms with Gasteiger partial charge in [0.25, 0.3) is 5.56 Å². The summed E-state index contributed by atoms with van der Waals surface area (Å²) in [5.74, 6) is 0. The second-order valence-electron chi connectivity index (χ2n) is 8.63. The van der Waals surface area contributed by atoms with Gasteiger partial charge in [-0.15, -0.1) is 5.10 Å². The number of aliphatic hydroxyl groups is 1. The van der Waals surface area contributed by atoms with Crippen molar-refractivity contribution in [2.45, 2.75) is 44.8 Å². The Morgan fingerprint density at radius 3 is 2.86 bits per heavy atom. The number of nitrogens with zero attached hydrogens (tertiary/aromatic N) is 4. The summed E-state index contributed by atoms with van der Waals surface area (Å²) in [7, 11) is 0. The van der Waals surface area contributed by atoms with Crippen molar-refractivity contribution in [1.82, 2.24) is 29.9 Å². The number of rotatable bonds is 7. The van der Waals surface area contributed by atoms with Crippen LogP contribution >= 0.6 is 11.6 Å². The summed E-state index contributed by atoms with van der Waals surface area (Å²) in [6.07, 6.45) is 2.20. The molecule has 3 atom stereocenters. The largest absolute Gasteiger partial charge is 0.422 e. The highest BCUT2D eigenvalue weighted by Crippen LogP contribution is 2.35. The van der Waals surface area contributed by atoms with Crippen molar-refractivity contribution in [2.24, 2.45) is 0 Å². The maximum Gasteiger partial charge on any atom is 0.340 e. The number of hydrogen-bond donors (Lipinski definition) is 3. The standard InChI is InChI=1S/C23H23ClN6O6/c1-12-9-29(23(34)26-21(12)32)20-6-17(19(11-31)35-20)30-10-16(27-28-30)8-25-7-14-4-13-5-15(24)2-3-18(13)36-22(14)33/h2-5,9-10,17,19-20,25,31H,6-8,11H2,1H3,(H,26,32,34)/t17-,19+,20+/m1/s1. The average molecular weight is 515 g/mol. The molecule has 1 saturated heterocycles. The summed E-state index contributed by atoms with van der Waals surface area (Å²) < 4.78 is 14.1. The molecule has 13 heteroatoms. The first-order chi connectivity index (χ1) is 17.3. The molecule has 36 heavy (non-hydrogen) atoms. The third-order valence-electron chi connectivity index (χ3n) is 6.13. The van der Waals surface area contributed by atoms with Gasteiger partial charge in [-0.05, 0) is 31.2 Å². The zero-order valence-electron chi connectivity index (χ0n) is 19.2. The molecule has 3 aromatic heterocycles. The van der Waals surface area contributed by atoms with Gasteiger partial charge in [-0.1, -0.05) is 16.8 Å². The van der Waals surface area contributed by atoms with Gasteiger partial charge in [-0.3, -0.25) is 14.3 Å². The van der Waals surface area contributed by atoms with E-state index in [0.29, 0.717) is 40.4 Å². The molecule has 4 aromatic rings. The van der Waals surface area contributed by atoms with Crippen LogP contribution < -0.4 is 22.2 Å². The van der Waals surface area contributed by atoms with Crippen molar-refractivity contribution in [3.63, 3.8) is 0 Å². The van der Waals surface area contributed by atoms with Crippen molar-refractivity contribution in [1.29, 1.82) is 0 Å². The lowest BCUT2D eigenvalue weighted by Gasteiger charge is -2.15. The summed E-state index contributed by atoms with van der Waals surface area (Å²) in [5, 5.41) is 22.6. The molecule has 0 aliphatic carbocycles. The Hall–Kier alpha value is -3.58. The molecule has 0 bridgehead atoms. The van der Waals surface area contributed by atoms with Crippen LogP contribution in [0.25, 0.3) is 11.0 Å². The van der Waals surface area contributed by atoms with Crippen LogP contribution in [0.2, 0.25) is 5.02 Å². The van der Waals surface area contributed by atoms with E-state index in [1.54, 1.807) is 42.1 Å². The third-order valence-corrected chi connectivity index (χ3v) is 6.36. The first-order valence-electron chi connectivity index (χ1n) is 11.2. The predicted octanol–water partition coefficient (Wildman–Crippen LogP) is 1.01. The van der Waals surface area contributed by atoms with Gasteiger partial charge in [0.1, 0.15) is 17.9 Å². The molecule has 1 aliphatic rings. The van der Waals surface area contributed by atoms with Gasteiger partial charge in [0.05, 0.1) is 30.1 Å². The lowest BCUT2D eigenvalue weighted by molar-refractivity contribution is -0.0323. The third kappa shape index (κ3) is 4.75. The van der Waals surface area contributed by atoms with Crippen molar-refractivity contribution in [2.75, 3.05) is 6.61 Å². The zero-order chi connectivity index (χ0) is 25.4. The van der Waals surface area contributed by atoms with Crippen LogP contribution in [-0.4, -0.2) is 42.4 Å². The van der Waals surface area contributed by atoms with E-state index in [9.17, 15) is 19.5 Å². The Balaban J connectivity index is 1.26. The average Bonchev–Trinajstić information content (AvgIpc) is 3.49. The van der Waals surface area contributed by atoms with E-state index in [2.05, 4.69) is 20.6 Å². The monoisotopic (exact) mass is 514 g/mol. The SMILES string of the molecule is Cc1cn([C@@H]2C[C@@H](n3cc(CNCc4cc5cc(Cl)ccc5oc4=O)nn3)[C@H](CO)O2)c(=O)[nH]c1=O. The number of nitrogens with one attached hydrogen (secondary N) is 2. The van der Waals surface area contributed by atoms with Crippen LogP contribution in [0.15, 0.2) is 55.5 Å². The number of hydrogen-bond acceptors (Lipinski definition) is 9. The predicted molar refractivity (Wildman–Crippen MR) is 129 cm³/mol. The summed E-state index contributed by atoms with van der Waals surface area (Å²) >= 11 is 6.03. The Morgan fingerprint density at radius 1 is 1.22 bits per heavy atom. The smallest absolute Gasteiger partial charge is 0.340 e. The van der Waals surface area contributed by atoms with Gasteiger partial charge in [-0.2, -0.15) is 0 Å². The topological polar surface area (TPSA) is 157 Å². The second kappa shape index (κ2) is 9.82. The van der Waals surface area contributed by atoms with Crippen molar-refractivity contribution < 1.29 is 14.3 Å². The normalized spacial score (nSPS) is 19.8. The molecule has 12 nitrogen and oxygen atoms in total. The van der Waals surface area contributed by atoms with Gasteiger partial charge in [0.15, 0.2) is 0 Å². The van der Waals surface area contributed by atoms with Gasteiger partial charge in [0, 0.05) is 41.7 Å². The van der Waals surface area contributed by atoms with E-state index < -0.39 is 29.2 Å². The molecule has 3 N–H and O–H groups in total. The van der Waals surface area contributed by atoms with Crippen LogP contribution in [0, 0.1) is 6.92 Å². The number of fused-ring (bicyclic) bond motifs is 1. The fourth-order valence-corrected chi connectivity index (χ4v) is 4.45. The molecule has 4 heterocycles. The van der Waals surface area contributed by atoms with Crippen LogP contribution in [0.3, 0.4) is 0 Å². The number of H-pyrrole nitrogens is 1. The maximum atomic E-state index is 12.3. The fourth-order valence-electron chi connectivity index (χ4n) is 4.27. The second-order valence-corrected chi connectivity index (χ2v) is 9.06. The minimum Gasteiger partial charge on any atom is -0.422 e. The van der Waals surface area contributed by atoms with E-state index in [0.717, 1.165) is 5.39 Å². The van der Waals surface area contributed by atoms with Crippen LogP contribution in [0.4, 0.5) is 0 Å². The quantitative estimate of drug-likeness (QED) is 0.306. The van der Waals surface area contributed by atoms with Gasteiger partial charge in [0.2, 0.25) is 0 Å². The summed E-state index contributed by atoms with van der Waals surface area (Å²) in [6, 6.07) is 6.40. The lowest BCUT2D eigenvalue weighted by Crippen LogP contribution is -2.33. The van der Waals surface area contributed by atoms with Crippen LogP contribution in [0.1, 0.15) is 35.5 Å². The Bertz CT molecular complexity index is 1590. The number of aromatic amines is 1. The molecule has 5 rings (SSSR count). The molecule has 0 amide bonds. The Labute approximate surface area is 208 Å². The Kier molecular flexibility index (Phi) is 6.58. The Morgan fingerprint density at radius 2 is 2.06 bits per heavy atom. The molecule has 0 radical (unpaired) electrons. The van der Waals surface area contributed by atoms with Crippen LogP contribution in [-0.2, 0) is 17.8 Å². The molecule has 188 valence electrons. The van der Waals surface area contributed by atoms with Gasteiger partial charge < -0.3 is 19.6 Å². The molecular weight excluding hydrogens is 492 g/mol. The number of aromatic nitrogens is 5. The van der Waals surface area contributed by atoms with Crippen LogP contribution in [0.5, 0.6) is 0 Å². The minimum atomic E-state index is -0.679. The summed E-state index contributed by atoms with van der Waals surface area (Å²) in [4.78, 5) is 38.5. The van der Waals surface area contributed by atoms with Gasteiger partial charge >= 0.3 is 11.3 Å². The highest BCUT2D eigenvalue weighted by Gasteiger charge is 2.38. The van der Waals surface area contributed by atoms with E-state index in [1.807, 2.05) is 0 Å². The molecule has 0 saturated carbocycles. The molecule has 1 fully saturated rings. The van der Waals surface area contributed by atoms with Gasteiger partial charge in [-0.25, -0.2) is 14.3 Å². The number of aliphatic hydroxyl groups excluding tert-OH is 1. The minimum absolute atomic E-state index is 0.250. The van der Waals surface area contributed by atoms with E-state index in [1.165, 1.54) is 10.8 Å². The summed E-state index contributed by atoms with van der Waals surface area (Å²) in [6.45, 7) is 1.89. The van der Waals surface area contributed by atoms with Crippen molar-refractivity contribution in [3.05, 3.63) is 89.8 Å². The fraction of sp³-hybridized carbons (Fsp3) is 0.348. The summed E-state index contributed by atoms with van der Waals surface area (Å²) in [5.41, 5.74) is 0.422. The van der Waals surface area contributed by atoms with E-state index >= 15 is 0 Å². The first kappa shape index (κ1) is 24.1. The van der Waals surface area contributed by atoms with E-state index in [-0.39, 0.29) is 19.2 Å². The lowest BCUT2D eigenvalue weighted by atomic mass is 10.1. The number of halogens is 1. The number of ether oxygens (including phenoxy) is 1. The highest BCUT2D eigenvalue weighted by atomic mass is 35.5. The number of aryl methyl sites for hydroxylation is 1. The first-order valence-corrected chi connectivity index (χ1v) is 11.6. The maximum absolute atomic E-state index is 12.3. The highest BCUT2D eigenvalue weighted by molar-refractivity contribution is 6.31. The molecule has 0 spiro atoms. The molecule has 0 unspecified atom stereocenters. The number of benzene rings is 1. The zero-order valence-corrected chi connectivity index (χ0v) is 19.9. The van der Waals surface area contributed by atoms with E-state index in [4.69, 9.17) is 20.8 Å². The van der Waals surface area contributed by atoms with Crippen molar-refractivity contribution >= 4 is 22.6 Å². The molecule has 1 aromatic carbocycles.